The zero-order valence-corrected chi connectivity index (χ0v) is 12.8. The van der Waals surface area contributed by atoms with Crippen LogP contribution in [0.5, 0.6) is 0 Å². The Morgan fingerprint density at radius 2 is 1.86 bits per heavy atom. The molecule has 0 unspecified atom stereocenters. The molecule has 1 aliphatic rings. The minimum absolute atomic E-state index is 0.268. The van der Waals surface area contributed by atoms with E-state index in [1.54, 1.807) is 48.5 Å². The average molecular weight is 329 g/mol. The average Bonchev–Trinajstić information content (AvgIpc) is 2.54. The second-order valence-corrected chi connectivity index (χ2v) is 5.63. The highest BCUT2D eigenvalue weighted by molar-refractivity contribution is 6.50. The lowest BCUT2D eigenvalue weighted by Gasteiger charge is -2.31. The Kier molecular flexibility index (Phi) is 3.89. The van der Waals surface area contributed by atoms with Gasteiger partial charge in [-0.05, 0) is 36.4 Å². The number of fused-ring (bicyclic) bond motifs is 1. The van der Waals surface area contributed by atoms with Crippen LogP contribution < -0.4 is 4.90 Å². The summed E-state index contributed by atoms with van der Waals surface area (Å²) in [5, 5.41) is 10.3. The fraction of sp³-hybridized carbons (Fsp3) is 0.0588. The molecule has 108 valence electrons. The number of nitriles is 1. The molecule has 22 heavy (non-hydrogen) atoms. The van der Waals surface area contributed by atoms with Crippen molar-refractivity contribution in [3.8, 4) is 6.07 Å². The fourth-order valence-electron chi connectivity index (χ4n) is 2.41. The number of halogens is 2. The Hall–Kier alpha value is -2.28. The van der Waals surface area contributed by atoms with Crippen molar-refractivity contribution in [1.29, 1.82) is 5.26 Å². The molecule has 5 heteroatoms. The lowest BCUT2D eigenvalue weighted by molar-refractivity contribution is 0.0985. The van der Waals surface area contributed by atoms with Gasteiger partial charge in [-0.3, -0.25) is 9.69 Å². The molecule has 0 saturated heterocycles. The smallest absolute Gasteiger partial charge is 0.259 e. The largest absolute Gasteiger partial charge is 0.287 e. The third kappa shape index (κ3) is 2.48. The van der Waals surface area contributed by atoms with Crippen LogP contribution in [0.4, 0.5) is 5.69 Å². The second-order valence-electron chi connectivity index (χ2n) is 4.79. The van der Waals surface area contributed by atoms with Crippen LogP contribution in [0.25, 0.3) is 5.03 Å². The number of benzene rings is 2. The molecule has 2 aromatic carbocycles. The molecule has 1 amide bonds. The summed E-state index contributed by atoms with van der Waals surface area (Å²) in [6.45, 7) is 0. The molecule has 0 bridgehead atoms. The Morgan fingerprint density at radius 3 is 2.55 bits per heavy atom. The maximum absolute atomic E-state index is 12.8. The number of hydrogen-bond acceptors (Lipinski definition) is 2. The minimum Gasteiger partial charge on any atom is -0.287 e. The van der Waals surface area contributed by atoms with Crippen LogP contribution in [0.15, 0.2) is 54.6 Å². The van der Waals surface area contributed by atoms with Gasteiger partial charge in [-0.1, -0.05) is 41.4 Å². The monoisotopic (exact) mass is 328 g/mol. The lowest BCUT2D eigenvalue weighted by atomic mass is 10.0. The molecule has 0 spiro atoms. The molecule has 0 fully saturated rings. The molecular formula is C17H10Cl2N2O. The molecule has 3 nitrogen and oxygen atoms in total. The summed E-state index contributed by atoms with van der Waals surface area (Å²) < 4.78 is 0. The van der Waals surface area contributed by atoms with Gasteiger partial charge in [0.2, 0.25) is 0 Å². The van der Waals surface area contributed by atoms with Crippen molar-refractivity contribution in [2.45, 2.75) is 6.04 Å². The maximum atomic E-state index is 12.8. The third-order valence-corrected chi connectivity index (χ3v) is 4.00. The van der Waals surface area contributed by atoms with E-state index in [1.807, 2.05) is 6.07 Å². The minimum atomic E-state index is -0.772. The molecule has 1 aliphatic heterocycles. The summed E-state index contributed by atoms with van der Waals surface area (Å²) in [7, 11) is 0. The van der Waals surface area contributed by atoms with Crippen LogP contribution >= 0.6 is 23.2 Å². The standard InChI is InChI=1S/C17H10Cl2N2O/c18-12-6-7-14-15(19)9-13(10-20)21(16(14)8-12)17(22)11-4-2-1-3-5-11/h1-9,13H/t13-/m0/s1. The Bertz CT molecular complexity index is 809. The van der Waals surface area contributed by atoms with Gasteiger partial charge in [-0.2, -0.15) is 5.26 Å². The van der Waals surface area contributed by atoms with Gasteiger partial charge in [0.1, 0.15) is 6.04 Å². The first-order chi connectivity index (χ1) is 10.6. The highest BCUT2D eigenvalue weighted by Crippen LogP contribution is 2.38. The van der Waals surface area contributed by atoms with Crippen LogP contribution in [0, 0.1) is 11.3 Å². The van der Waals surface area contributed by atoms with Crippen molar-refractivity contribution in [3.05, 3.63) is 70.8 Å². The van der Waals surface area contributed by atoms with Gasteiger partial charge in [0.25, 0.3) is 5.91 Å². The summed E-state index contributed by atoms with van der Waals surface area (Å²) in [5.74, 6) is -0.268. The second kappa shape index (κ2) is 5.84. The number of nitrogens with zero attached hydrogens (tertiary/aromatic N) is 2. The van der Waals surface area contributed by atoms with Gasteiger partial charge in [0, 0.05) is 21.2 Å². The highest BCUT2D eigenvalue weighted by Gasteiger charge is 2.31. The highest BCUT2D eigenvalue weighted by atomic mass is 35.5. The third-order valence-electron chi connectivity index (χ3n) is 3.43. The zero-order chi connectivity index (χ0) is 15.7. The first-order valence-corrected chi connectivity index (χ1v) is 7.33. The lowest BCUT2D eigenvalue weighted by Crippen LogP contribution is -2.41. The summed E-state index contributed by atoms with van der Waals surface area (Å²) in [6, 6.07) is 15.2. The van der Waals surface area contributed by atoms with E-state index in [4.69, 9.17) is 23.2 Å². The van der Waals surface area contributed by atoms with E-state index < -0.39 is 6.04 Å². The quantitative estimate of drug-likeness (QED) is 0.775. The van der Waals surface area contributed by atoms with Crippen LogP contribution in [0.1, 0.15) is 15.9 Å². The molecule has 0 N–H and O–H groups in total. The van der Waals surface area contributed by atoms with Gasteiger partial charge in [-0.25, -0.2) is 0 Å². The van der Waals surface area contributed by atoms with Crippen LogP contribution in [0.2, 0.25) is 5.02 Å². The Balaban J connectivity index is 2.16. The van der Waals surface area contributed by atoms with Crippen LogP contribution in [-0.4, -0.2) is 11.9 Å². The van der Waals surface area contributed by atoms with Gasteiger partial charge in [0.15, 0.2) is 0 Å². The molecule has 0 aliphatic carbocycles. The van der Waals surface area contributed by atoms with E-state index in [0.717, 1.165) is 0 Å². The number of anilines is 1. The van der Waals surface area contributed by atoms with E-state index in [0.29, 0.717) is 26.9 Å². The fourth-order valence-corrected chi connectivity index (χ4v) is 2.85. The number of hydrogen-bond donors (Lipinski definition) is 0. The molecule has 2 aromatic rings. The van der Waals surface area contributed by atoms with Crippen molar-refractivity contribution in [3.63, 3.8) is 0 Å². The number of carbonyl (C=O) groups excluding carboxylic acids is 1. The van der Waals surface area contributed by atoms with E-state index in [9.17, 15) is 10.1 Å². The van der Waals surface area contributed by atoms with E-state index in [2.05, 4.69) is 6.07 Å². The predicted molar refractivity (Wildman–Crippen MR) is 87.9 cm³/mol. The van der Waals surface area contributed by atoms with E-state index in [-0.39, 0.29) is 5.91 Å². The SMILES string of the molecule is N#C[C@@H]1C=C(Cl)c2ccc(Cl)cc2N1C(=O)c1ccccc1. The van der Waals surface area contributed by atoms with Crippen molar-refractivity contribution in [2.24, 2.45) is 0 Å². The molecule has 3 rings (SSSR count). The summed E-state index contributed by atoms with van der Waals surface area (Å²) in [5.41, 5.74) is 1.72. The molecular weight excluding hydrogens is 319 g/mol. The molecule has 0 saturated carbocycles. The Labute approximate surface area is 138 Å². The van der Waals surface area contributed by atoms with Gasteiger partial charge in [0.05, 0.1) is 11.8 Å². The van der Waals surface area contributed by atoms with Crippen LogP contribution in [0.3, 0.4) is 0 Å². The van der Waals surface area contributed by atoms with E-state index >= 15 is 0 Å². The number of amides is 1. The van der Waals surface area contributed by atoms with Gasteiger partial charge < -0.3 is 0 Å². The molecule has 0 aromatic heterocycles. The predicted octanol–water partition coefficient (Wildman–Crippen LogP) is 4.47. The van der Waals surface area contributed by atoms with Crippen molar-refractivity contribution < 1.29 is 4.79 Å². The van der Waals surface area contributed by atoms with Crippen LogP contribution in [-0.2, 0) is 0 Å². The summed E-state index contributed by atoms with van der Waals surface area (Å²) in [6.07, 6.45) is 1.57. The molecule has 1 heterocycles. The molecule has 0 radical (unpaired) electrons. The van der Waals surface area contributed by atoms with Gasteiger partial charge >= 0.3 is 0 Å². The zero-order valence-electron chi connectivity index (χ0n) is 11.3. The van der Waals surface area contributed by atoms with Crippen molar-refractivity contribution >= 4 is 39.8 Å². The van der Waals surface area contributed by atoms with E-state index in [1.165, 1.54) is 4.90 Å². The maximum Gasteiger partial charge on any atom is 0.259 e. The molecule has 1 atom stereocenters. The summed E-state index contributed by atoms with van der Waals surface area (Å²) in [4.78, 5) is 14.2. The van der Waals surface area contributed by atoms with Gasteiger partial charge in [-0.15, -0.1) is 0 Å². The summed E-state index contributed by atoms with van der Waals surface area (Å²) >= 11 is 12.3. The first kappa shape index (κ1) is 14.6. The number of carbonyl (C=O) groups is 1. The topological polar surface area (TPSA) is 44.1 Å². The van der Waals surface area contributed by atoms with Crippen molar-refractivity contribution in [2.75, 3.05) is 4.90 Å². The Morgan fingerprint density at radius 1 is 1.14 bits per heavy atom. The normalized spacial score (nSPS) is 16.5. The number of rotatable bonds is 1. The first-order valence-electron chi connectivity index (χ1n) is 6.57. The van der Waals surface area contributed by atoms with Crippen molar-refractivity contribution in [1.82, 2.24) is 0 Å².